The van der Waals surface area contributed by atoms with Crippen LogP contribution < -0.4 is 10.3 Å². The van der Waals surface area contributed by atoms with Crippen molar-refractivity contribution in [1.82, 2.24) is 4.31 Å². The number of hydrogen-bond acceptors (Lipinski definition) is 9. The SMILES string of the molecule is CCN(CC)S(=O)(=O)c1ccc(N/N=C\c2ccc(N3CCOCC3)s2)c([N+](=O)[O-])c1. The zero-order valence-electron chi connectivity index (χ0n) is 17.4. The summed E-state index contributed by atoms with van der Waals surface area (Å²) in [5, 5.41) is 16.7. The lowest BCUT2D eigenvalue weighted by molar-refractivity contribution is -0.384. The van der Waals surface area contributed by atoms with Gasteiger partial charge in [0.1, 0.15) is 5.69 Å². The smallest absolute Gasteiger partial charge is 0.295 e. The fourth-order valence-electron chi connectivity index (χ4n) is 3.16. The van der Waals surface area contributed by atoms with Crippen LogP contribution in [0.1, 0.15) is 18.7 Å². The van der Waals surface area contributed by atoms with Crippen molar-refractivity contribution in [3.8, 4) is 0 Å². The summed E-state index contributed by atoms with van der Waals surface area (Å²) in [6.07, 6.45) is 1.58. The fourth-order valence-corrected chi connectivity index (χ4v) is 5.57. The van der Waals surface area contributed by atoms with Crippen molar-refractivity contribution in [1.29, 1.82) is 0 Å². The monoisotopic (exact) mass is 467 g/mol. The van der Waals surface area contributed by atoms with Gasteiger partial charge in [-0.25, -0.2) is 8.42 Å². The third-order valence-corrected chi connectivity index (χ3v) is 7.95. The number of nitro groups is 1. The molecule has 0 unspecified atom stereocenters. The maximum absolute atomic E-state index is 12.7. The van der Waals surface area contributed by atoms with E-state index in [1.807, 2.05) is 12.1 Å². The Morgan fingerprint density at radius 2 is 1.97 bits per heavy atom. The Morgan fingerprint density at radius 3 is 2.61 bits per heavy atom. The van der Waals surface area contributed by atoms with Gasteiger partial charge in [0.05, 0.1) is 34.2 Å². The number of sulfonamides is 1. The van der Waals surface area contributed by atoms with Gasteiger partial charge in [-0.05, 0) is 24.3 Å². The second kappa shape index (κ2) is 10.2. The lowest BCUT2D eigenvalue weighted by Gasteiger charge is -2.27. The van der Waals surface area contributed by atoms with Crippen molar-refractivity contribution in [2.45, 2.75) is 18.7 Å². The predicted octanol–water partition coefficient (Wildman–Crippen LogP) is 2.97. The molecule has 10 nitrogen and oxygen atoms in total. The van der Waals surface area contributed by atoms with Crippen molar-refractivity contribution in [3.05, 3.63) is 45.3 Å². The molecule has 12 heteroatoms. The molecule has 1 aromatic carbocycles. The number of hydrogen-bond donors (Lipinski definition) is 1. The molecule has 1 saturated heterocycles. The van der Waals surface area contributed by atoms with Crippen LogP contribution in [0.2, 0.25) is 0 Å². The molecule has 1 N–H and O–H groups in total. The van der Waals surface area contributed by atoms with Gasteiger partial charge >= 0.3 is 0 Å². The molecule has 0 amide bonds. The lowest BCUT2D eigenvalue weighted by atomic mass is 10.3. The molecule has 168 valence electrons. The molecule has 0 aliphatic carbocycles. The Balaban J connectivity index is 1.76. The standard InChI is InChI=1S/C19H25N5O5S2/c1-3-23(4-2)31(27,28)16-6-7-17(18(13-16)24(25)26)21-20-14-15-5-8-19(30-15)22-9-11-29-12-10-22/h5-8,13-14,21H,3-4,9-12H2,1-2H3/b20-14-. The molecule has 0 atom stereocenters. The van der Waals surface area contributed by atoms with E-state index in [2.05, 4.69) is 15.4 Å². The van der Waals surface area contributed by atoms with Gasteiger partial charge in [-0.3, -0.25) is 15.5 Å². The fraction of sp³-hybridized carbons (Fsp3) is 0.421. The van der Waals surface area contributed by atoms with Crippen LogP contribution in [0.3, 0.4) is 0 Å². The minimum Gasteiger partial charge on any atom is -0.378 e. The normalized spacial score (nSPS) is 15.0. The highest BCUT2D eigenvalue weighted by atomic mass is 32.2. The van der Waals surface area contributed by atoms with E-state index in [0.717, 1.165) is 29.0 Å². The number of rotatable bonds is 9. The average molecular weight is 468 g/mol. The van der Waals surface area contributed by atoms with Crippen LogP contribution in [0.15, 0.2) is 40.3 Å². The number of nitrogens with zero attached hydrogens (tertiary/aromatic N) is 4. The van der Waals surface area contributed by atoms with E-state index in [-0.39, 0.29) is 29.4 Å². The van der Waals surface area contributed by atoms with Crippen molar-refractivity contribution < 1.29 is 18.1 Å². The largest absolute Gasteiger partial charge is 0.378 e. The molecular weight excluding hydrogens is 442 g/mol. The van der Waals surface area contributed by atoms with Gasteiger partial charge in [-0.2, -0.15) is 9.41 Å². The summed E-state index contributed by atoms with van der Waals surface area (Å²) >= 11 is 1.56. The van der Waals surface area contributed by atoms with Crippen molar-refractivity contribution in [2.24, 2.45) is 5.10 Å². The predicted molar refractivity (Wildman–Crippen MR) is 122 cm³/mol. The van der Waals surface area contributed by atoms with E-state index < -0.39 is 14.9 Å². The molecular formula is C19H25N5O5S2. The summed E-state index contributed by atoms with van der Waals surface area (Å²) in [6, 6.07) is 7.70. The Morgan fingerprint density at radius 1 is 1.26 bits per heavy atom. The minimum atomic E-state index is -3.79. The highest BCUT2D eigenvalue weighted by molar-refractivity contribution is 7.89. The molecule has 31 heavy (non-hydrogen) atoms. The number of morpholine rings is 1. The molecule has 2 heterocycles. The second-order valence-electron chi connectivity index (χ2n) is 6.67. The Kier molecular flexibility index (Phi) is 7.59. The van der Waals surface area contributed by atoms with Crippen LogP contribution in [0, 0.1) is 10.1 Å². The summed E-state index contributed by atoms with van der Waals surface area (Å²) in [4.78, 5) is 13.9. The second-order valence-corrected chi connectivity index (χ2v) is 9.70. The highest BCUT2D eigenvalue weighted by Gasteiger charge is 2.25. The lowest BCUT2D eigenvalue weighted by Crippen LogP contribution is -2.35. The third-order valence-electron chi connectivity index (χ3n) is 4.82. The molecule has 1 aliphatic heterocycles. The first-order chi connectivity index (χ1) is 14.9. The van der Waals surface area contributed by atoms with E-state index in [0.29, 0.717) is 13.2 Å². The van der Waals surface area contributed by atoms with Gasteiger partial charge in [0.25, 0.3) is 5.69 Å². The van der Waals surface area contributed by atoms with Crippen LogP contribution in [-0.4, -0.2) is 63.3 Å². The zero-order chi connectivity index (χ0) is 22.4. The van der Waals surface area contributed by atoms with Crippen LogP contribution in [0.25, 0.3) is 0 Å². The van der Waals surface area contributed by atoms with Gasteiger partial charge in [0.15, 0.2) is 0 Å². The molecule has 0 bridgehead atoms. The molecule has 0 radical (unpaired) electrons. The number of hydrazone groups is 1. The summed E-state index contributed by atoms with van der Waals surface area (Å²) < 4.78 is 31.9. The maximum Gasteiger partial charge on any atom is 0.295 e. The molecule has 1 aromatic heterocycles. The van der Waals surface area contributed by atoms with Gasteiger partial charge in [0, 0.05) is 37.1 Å². The zero-order valence-corrected chi connectivity index (χ0v) is 19.0. The quantitative estimate of drug-likeness (QED) is 0.342. The van der Waals surface area contributed by atoms with E-state index in [4.69, 9.17) is 4.74 Å². The van der Waals surface area contributed by atoms with Crippen LogP contribution in [-0.2, 0) is 14.8 Å². The van der Waals surface area contributed by atoms with E-state index >= 15 is 0 Å². The number of nitro benzene ring substituents is 1. The van der Waals surface area contributed by atoms with E-state index in [9.17, 15) is 18.5 Å². The van der Waals surface area contributed by atoms with E-state index in [1.54, 1.807) is 31.4 Å². The molecule has 3 rings (SSSR count). The summed E-state index contributed by atoms with van der Waals surface area (Å²) in [7, 11) is -3.79. The first kappa shape index (κ1) is 23.1. The topological polar surface area (TPSA) is 117 Å². The average Bonchev–Trinajstić information content (AvgIpc) is 3.24. The van der Waals surface area contributed by atoms with Crippen molar-refractivity contribution in [3.63, 3.8) is 0 Å². The summed E-state index contributed by atoms with van der Waals surface area (Å²) in [6.45, 7) is 7.08. The summed E-state index contributed by atoms with van der Waals surface area (Å²) in [5.41, 5.74) is 2.42. The molecule has 2 aromatic rings. The van der Waals surface area contributed by atoms with Crippen LogP contribution in [0.4, 0.5) is 16.4 Å². The Hall–Kier alpha value is -2.54. The highest BCUT2D eigenvalue weighted by Crippen LogP contribution is 2.29. The molecule has 1 fully saturated rings. The van der Waals surface area contributed by atoms with Crippen molar-refractivity contribution >= 4 is 44.0 Å². The Labute approximate surface area is 185 Å². The minimum absolute atomic E-state index is 0.115. The van der Waals surface area contributed by atoms with E-state index in [1.165, 1.54) is 16.4 Å². The van der Waals surface area contributed by atoms with Crippen LogP contribution >= 0.6 is 11.3 Å². The van der Waals surface area contributed by atoms with Crippen molar-refractivity contribution in [2.75, 3.05) is 49.7 Å². The molecule has 0 saturated carbocycles. The maximum atomic E-state index is 12.7. The number of ether oxygens (including phenoxy) is 1. The van der Waals surface area contributed by atoms with Gasteiger partial charge in [-0.15, -0.1) is 11.3 Å². The van der Waals surface area contributed by atoms with Crippen LogP contribution in [0.5, 0.6) is 0 Å². The molecule has 0 spiro atoms. The number of benzene rings is 1. The van der Waals surface area contributed by atoms with Gasteiger partial charge < -0.3 is 9.64 Å². The van der Waals surface area contributed by atoms with Gasteiger partial charge in [-0.1, -0.05) is 13.8 Å². The number of nitrogens with one attached hydrogen (secondary N) is 1. The first-order valence-corrected chi connectivity index (χ1v) is 12.1. The van der Waals surface area contributed by atoms with Gasteiger partial charge in [0.2, 0.25) is 10.0 Å². The first-order valence-electron chi connectivity index (χ1n) is 9.87. The Bertz CT molecular complexity index is 1040. The molecule has 1 aliphatic rings. The number of anilines is 2. The third kappa shape index (κ3) is 5.39. The summed E-state index contributed by atoms with van der Waals surface area (Å²) in [5.74, 6) is 0. The number of thiophene rings is 1.